The minimum Gasteiger partial charge on any atom is -0.383 e. The zero-order chi connectivity index (χ0) is 16.6. The van der Waals surface area contributed by atoms with E-state index in [-0.39, 0.29) is 17.3 Å². The highest BCUT2D eigenvalue weighted by atomic mass is 32.2. The van der Waals surface area contributed by atoms with Crippen molar-refractivity contribution in [1.82, 2.24) is 9.62 Å². The van der Waals surface area contributed by atoms with Gasteiger partial charge in [0.15, 0.2) is 0 Å². The Bertz CT molecular complexity index is 570. The number of methoxy groups -OCH3 is 1. The van der Waals surface area contributed by atoms with Crippen LogP contribution in [0.25, 0.3) is 0 Å². The predicted molar refractivity (Wildman–Crippen MR) is 85.1 cm³/mol. The van der Waals surface area contributed by atoms with E-state index >= 15 is 0 Å². The first-order valence-electron chi connectivity index (χ1n) is 7.23. The van der Waals surface area contributed by atoms with Crippen LogP contribution in [0.2, 0.25) is 0 Å². The number of amides is 1. The Morgan fingerprint density at radius 3 is 2.36 bits per heavy atom. The van der Waals surface area contributed by atoms with Gasteiger partial charge < -0.3 is 9.64 Å². The molecule has 1 aromatic rings. The number of nitrogens with one attached hydrogen (secondary N) is 1. The highest BCUT2D eigenvalue weighted by Crippen LogP contribution is 2.10. The summed E-state index contributed by atoms with van der Waals surface area (Å²) in [5, 5.41) is 0. The van der Waals surface area contributed by atoms with Gasteiger partial charge in [-0.2, -0.15) is 0 Å². The Balaban J connectivity index is 2.58. The van der Waals surface area contributed by atoms with Gasteiger partial charge in [0.05, 0.1) is 11.5 Å². The van der Waals surface area contributed by atoms with E-state index in [1.54, 1.807) is 36.3 Å². The monoisotopic (exact) mass is 328 g/mol. The molecular formula is C15H24N2O4S. The van der Waals surface area contributed by atoms with Gasteiger partial charge in [-0.1, -0.05) is 19.1 Å². The Kier molecular flexibility index (Phi) is 7.50. The molecule has 0 atom stereocenters. The maximum atomic E-state index is 12.2. The highest BCUT2D eigenvalue weighted by molar-refractivity contribution is 7.89. The second kappa shape index (κ2) is 8.87. The van der Waals surface area contributed by atoms with Crippen LogP contribution >= 0.6 is 0 Å². The number of benzene rings is 1. The van der Waals surface area contributed by atoms with Crippen molar-refractivity contribution in [2.24, 2.45) is 0 Å². The van der Waals surface area contributed by atoms with Crippen LogP contribution in [0, 0.1) is 0 Å². The summed E-state index contributed by atoms with van der Waals surface area (Å²) in [6.07, 6.45) is 0.862. The van der Waals surface area contributed by atoms with Crippen molar-refractivity contribution >= 4 is 15.9 Å². The van der Waals surface area contributed by atoms with E-state index in [0.29, 0.717) is 19.7 Å². The number of carbonyl (C=O) groups excluding carboxylic acids is 1. The summed E-state index contributed by atoms with van der Waals surface area (Å²) in [5.74, 6) is -0.108. The van der Waals surface area contributed by atoms with Gasteiger partial charge in [0.25, 0.3) is 0 Å². The van der Waals surface area contributed by atoms with Crippen molar-refractivity contribution < 1.29 is 17.9 Å². The van der Waals surface area contributed by atoms with Crippen LogP contribution in [0.1, 0.15) is 19.4 Å². The summed E-state index contributed by atoms with van der Waals surface area (Å²) in [4.78, 5) is 13.2. The molecule has 0 aromatic heterocycles. The van der Waals surface area contributed by atoms with Crippen LogP contribution in [0.3, 0.4) is 0 Å². The van der Waals surface area contributed by atoms with Crippen molar-refractivity contribution in [2.45, 2.75) is 25.2 Å². The van der Waals surface area contributed by atoms with Gasteiger partial charge in [0.2, 0.25) is 15.9 Å². The van der Waals surface area contributed by atoms with E-state index in [1.807, 2.05) is 6.92 Å². The molecule has 1 aromatic carbocycles. The van der Waals surface area contributed by atoms with Crippen LogP contribution in [0.15, 0.2) is 29.2 Å². The van der Waals surface area contributed by atoms with Crippen molar-refractivity contribution in [2.75, 3.05) is 33.4 Å². The third-order valence-corrected chi connectivity index (χ3v) is 4.80. The quantitative estimate of drug-likeness (QED) is 0.734. The Hall–Kier alpha value is -1.44. The molecule has 0 fully saturated rings. The van der Waals surface area contributed by atoms with Crippen LogP contribution in [0.5, 0.6) is 0 Å². The van der Waals surface area contributed by atoms with E-state index in [4.69, 9.17) is 4.74 Å². The first-order chi connectivity index (χ1) is 10.4. The standard InChI is InChI=1S/C15H24N2O4S/c1-4-14-5-7-15(8-6-14)22(19,20)16-9-10-17(13(2)18)11-12-21-3/h5-8,16H,4,9-12H2,1-3H3. The molecule has 0 saturated heterocycles. The van der Waals surface area contributed by atoms with Crippen molar-refractivity contribution in [3.63, 3.8) is 0 Å². The fourth-order valence-corrected chi connectivity index (χ4v) is 2.95. The maximum absolute atomic E-state index is 12.2. The van der Waals surface area contributed by atoms with E-state index in [9.17, 15) is 13.2 Å². The summed E-state index contributed by atoms with van der Waals surface area (Å²) in [6.45, 7) is 4.81. The minimum absolute atomic E-state index is 0.108. The first kappa shape index (κ1) is 18.6. The number of nitrogens with zero attached hydrogens (tertiary/aromatic N) is 1. The minimum atomic E-state index is -3.55. The summed E-state index contributed by atoms with van der Waals surface area (Å²) in [5.41, 5.74) is 1.08. The molecule has 6 nitrogen and oxygen atoms in total. The van der Waals surface area contributed by atoms with Crippen molar-refractivity contribution in [3.8, 4) is 0 Å². The van der Waals surface area contributed by atoms with Crippen LogP contribution in [-0.4, -0.2) is 52.6 Å². The molecule has 1 amide bonds. The number of hydrogen-bond donors (Lipinski definition) is 1. The van der Waals surface area contributed by atoms with Crippen LogP contribution in [0.4, 0.5) is 0 Å². The van der Waals surface area contributed by atoms with Crippen LogP contribution < -0.4 is 4.72 Å². The molecule has 0 aliphatic heterocycles. The molecule has 0 saturated carbocycles. The molecule has 1 rings (SSSR count). The van der Waals surface area contributed by atoms with Gasteiger partial charge >= 0.3 is 0 Å². The molecule has 0 spiro atoms. The number of sulfonamides is 1. The van der Waals surface area contributed by atoms with Gasteiger partial charge in [-0.15, -0.1) is 0 Å². The zero-order valence-electron chi connectivity index (χ0n) is 13.3. The average Bonchev–Trinajstić information content (AvgIpc) is 2.50. The largest absolute Gasteiger partial charge is 0.383 e. The number of hydrogen-bond acceptors (Lipinski definition) is 4. The van der Waals surface area contributed by atoms with Gasteiger partial charge in [-0.05, 0) is 24.1 Å². The number of aryl methyl sites for hydroxylation is 1. The van der Waals surface area contributed by atoms with E-state index in [2.05, 4.69) is 4.72 Å². The molecule has 0 aliphatic carbocycles. The van der Waals surface area contributed by atoms with Gasteiger partial charge in [-0.25, -0.2) is 13.1 Å². The molecule has 7 heteroatoms. The molecule has 0 unspecified atom stereocenters. The Morgan fingerprint density at radius 1 is 1.23 bits per heavy atom. The lowest BCUT2D eigenvalue weighted by Crippen LogP contribution is -2.39. The van der Waals surface area contributed by atoms with Crippen molar-refractivity contribution in [3.05, 3.63) is 29.8 Å². The van der Waals surface area contributed by atoms with Crippen molar-refractivity contribution in [1.29, 1.82) is 0 Å². The molecule has 0 bridgehead atoms. The maximum Gasteiger partial charge on any atom is 0.240 e. The molecule has 22 heavy (non-hydrogen) atoms. The lowest BCUT2D eigenvalue weighted by molar-refractivity contribution is -0.129. The van der Waals surface area contributed by atoms with E-state index in [1.165, 1.54) is 6.92 Å². The SMILES string of the molecule is CCc1ccc(S(=O)(=O)NCCN(CCOC)C(C)=O)cc1. The van der Waals surface area contributed by atoms with Gasteiger partial charge in [-0.3, -0.25) is 4.79 Å². The normalized spacial score (nSPS) is 11.4. The summed E-state index contributed by atoms with van der Waals surface area (Å²) in [6, 6.07) is 6.79. The van der Waals surface area contributed by atoms with Crippen LogP contribution in [-0.2, 0) is 26.0 Å². The van der Waals surface area contributed by atoms with E-state index < -0.39 is 10.0 Å². The zero-order valence-corrected chi connectivity index (χ0v) is 14.1. The lowest BCUT2D eigenvalue weighted by atomic mass is 10.2. The summed E-state index contributed by atoms with van der Waals surface area (Å²) >= 11 is 0. The fraction of sp³-hybridized carbons (Fsp3) is 0.533. The van der Waals surface area contributed by atoms with E-state index in [0.717, 1.165) is 12.0 Å². The number of ether oxygens (including phenoxy) is 1. The predicted octanol–water partition coefficient (Wildman–Crippen LogP) is 1.02. The Labute approximate surface area is 132 Å². The summed E-state index contributed by atoms with van der Waals surface area (Å²) in [7, 11) is -1.99. The smallest absolute Gasteiger partial charge is 0.240 e. The molecule has 0 radical (unpaired) electrons. The summed E-state index contributed by atoms with van der Waals surface area (Å²) < 4.78 is 31.8. The molecule has 0 heterocycles. The third kappa shape index (κ3) is 5.75. The number of carbonyl (C=O) groups is 1. The molecule has 1 N–H and O–H groups in total. The average molecular weight is 328 g/mol. The second-order valence-corrected chi connectivity index (χ2v) is 6.66. The topological polar surface area (TPSA) is 75.7 Å². The first-order valence-corrected chi connectivity index (χ1v) is 8.72. The molecule has 124 valence electrons. The number of rotatable bonds is 9. The highest BCUT2D eigenvalue weighted by Gasteiger charge is 2.15. The fourth-order valence-electron chi connectivity index (χ4n) is 1.93. The Morgan fingerprint density at radius 2 is 1.86 bits per heavy atom. The second-order valence-electron chi connectivity index (χ2n) is 4.89. The molecular weight excluding hydrogens is 304 g/mol. The van der Waals surface area contributed by atoms with Gasteiger partial charge in [0, 0.05) is 33.7 Å². The lowest BCUT2D eigenvalue weighted by Gasteiger charge is -2.20. The molecule has 0 aliphatic rings. The third-order valence-electron chi connectivity index (χ3n) is 3.33. The van der Waals surface area contributed by atoms with Gasteiger partial charge in [0.1, 0.15) is 0 Å².